The van der Waals surface area contributed by atoms with Gasteiger partial charge in [-0.05, 0) is 43.1 Å². The van der Waals surface area contributed by atoms with Crippen molar-refractivity contribution in [2.45, 2.75) is 46.5 Å². The molecule has 0 saturated heterocycles. The van der Waals surface area contributed by atoms with Crippen LogP contribution in [0.5, 0.6) is 0 Å². The molecule has 26 heavy (non-hydrogen) atoms. The minimum Gasteiger partial charge on any atom is -0.455 e. The molecule has 0 unspecified atom stereocenters. The van der Waals surface area contributed by atoms with Crippen molar-refractivity contribution in [2.75, 3.05) is 11.9 Å². The molecule has 7 heteroatoms. The van der Waals surface area contributed by atoms with Crippen LogP contribution in [0.15, 0.2) is 24.3 Å². The third-order valence-electron chi connectivity index (χ3n) is 5.01. The van der Waals surface area contributed by atoms with Crippen LogP contribution in [0.4, 0.5) is 11.4 Å². The van der Waals surface area contributed by atoms with Gasteiger partial charge in [-0.1, -0.05) is 32.9 Å². The highest BCUT2D eigenvalue weighted by Gasteiger charge is 2.33. The van der Waals surface area contributed by atoms with Crippen LogP contribution in [-0.4, -0.2) is 23.4 Å². The topological polar surface area (TPSA) is 98.5 Å². The molecule has 1 amide bonds. The molecule has 0 bridgehead atoms. The smallest absolute Gasteiger partial charge is 0.309 e. The van der Waals surface area contributed by atoms with Crippen molar-refractivity contribution in [3.63, 3.8) is 0 Å². The third-order valence-corrected chi connectivity index (χ3v) is 5.01. The molecule has 142 valence electrons. The second-order valence-electron chi connectivity index (χ2n) is 7.84. The molecular weight excluding hydrogens is 336 g/mol. The summed E-state index contributed by atoms with van der Waals surface area (Å²) in [6.07, 6.45) is 3.50. The SMILES string of the molecule is CC(C)(C)C1CCC(C(=O)OCC(=O)Nc2ccccc2[N+](=O)[O-])CC1. The first-order chi connectivity index (χ1) is 12.2. The second kappa shape index (κ2) is 8.29. The summed E-state index contributed by atoms with van der Waals surface area (Å²) in [6, 6.07) is 5.84. The molecule has 2 rings (SSSR count). The van der Waals surface area contributed by atoms with Crippen LogP contribution in [0.25, 0.3) is 0 Å². The van der Waals surface area contributed by atoms with Crippen molar-refractivity contribution in [3.05, 3.63) is 34.4 Å². The summed E-state index contributed by atoms with van der Waals surface area (Å²) < 4.78 is 5.12. The molecule has 7 nitrogen and oxygen atoms in total. The van der Waals surface area contributed by atoms with Gasteiger partial charge in [0.1, 0.15) is 5.69 Å². The number of para-hydroxylation sites is 2. The first-order valence-corrected chi connectivity index (χ1v) is 8.88. The Balaban J connectivity index is 1.81. The lowest BCUT2D eigenvalue weighted by Crippen LogP contribution is -2.31. The lowest BCUT2D eigenvalue weighted by atomic mass is 9.70. The van der Waals surface area contributed by atoms with Gasteiger partial charge in [0, 0.05) is 6.07 Å². The molecule has 0 spiro atoms. The number of nitro benzene ring substituents is 1. The molecule has 1 fully saturated rings. The molecule has 0 aliphatic heterocycles. The van der Waals surface area contributed by atoms with Crippen molar-refractivity contribution < 1.29 is 19.2 Å². The van der Waals surface area contributed by atoms with Gasteiger partial charge in [0.25, 0.3) is 11.6 Å². The van der Waals surface area contributed by atoms with Gasteiger partial charge in [-0.25, -0.2) is 0 Å². The predicted octanol–water partition coefficient (Wildman–Crippen LogP) is 3.93. The Labute approximate surface area is 153 Å². The standard InChI is InChI=1S/C19H26N2O5/c1-19(2,3)14-10-8-13(9-11-14)18(23)26-12-17(22)20-15-6-4-5-7-16(15)21(24)25/h4-7,13-14H,8-12H2,1-3H3,(H,20,22). The molecule has 0 atom stereocenters. The summed E-state index contributed by atoms with van der Waals surface area (Å²) >= 11 is 0. The highest BCUT2D eigenvalue weighted by Crippen LogP contribution is 2.40. The summed E-state index contributed by atoms with van der Waals surface area (Å²) in [5.41, 5.74) is 0.121. The summed E-state index contributed by atoms with van der Waals surface area (Å²) in [7, 11) is 0. The van der Waals surface area contributed by atoms with E-state index in [-0.39, 0.29) is 28.7 Å². The maximum Gasteiger partial charge on any atom is 0.309 e. The summed E-state index contributed by atoms with van der Waals surface area (Å²) in [5, 5.41) is 13.4. The zero-order valence-corrected chi connectivity index (χ0v) is 15.5. The van der Waals surface area contributed by atoms with Crippen molar-refractivity contribution >= 4 is 23.3 Å². The van der Waals surface area contributed by atoms with Gasteiger partial charge in [-0.15, -0.1) is 0 Å². The number of hydrogen-bond acceptors (Lipinski definition) is 5. The van der Waals surface area contributed by atoms with Gasteiger partial charge in [-0.3, -0.25) is 19.7 Å². The van der Waals surface area contributed by atoms with Crippen molar-refractivity contribution in [2.24, 2.45) is 17.3 Å². The Morgan fingerprint density at radius 2 is 1.81 bits per heavy atom. The van der Waals surface area contributed by atoms with E-state index in [1.165, 1.54) is 18.2 Å². The Morgan fingerprint density at radius 3 is 2.38 bits per heavy atom. The van der Waals surface area contributed by atoms with Gasteiger partial charge >= 0.3 is 5.97 Å². The van der Waals surface area contributed by atoms with Gasteiger partial charge < -0.3 is 10.1 Å². The van der Waals surface area contributed by atoms with E-state index < -0.39 is 17.4 Å². The number of nitro groups is 1. The predicted molar refractivity (Wildman–Crippen MR) is 97.6 cm³/mol. The molecular formula is C19H26N2O5. The fourth-order valence-corrected chi connectivity index (χ4v) is 3.37. The van der Waals surface area contributed by atoms with E-state index in [2.05, 4.69) is 26.1 Å². The van der Waals surface area contributed by atoms with E-state index in [9.17, 15) is 19.7 Å². The Bertz CT molecular complexity index is 673. The van der Waals surface area contributed by atoms with Gasteiger partial charge in [0.05, 0.1) is 10.8 Å². The quantitative estimate of drug-likeness (QED) is 0.486. The number of amides is 1. The number of nitrogens with one attached hydrogen (secondary N) is 1. The number of carbonyl (C=O) groups is 2. The molecule has 1 aliphatic rings. The fraction of sp³-hybridized carbons (Fsp3) is 0.579. The van der Waals surface area contributed by atoms with E-state index in [0.29, 0.717) is 5.92 Å². The fourth-order valence-electron chi connectivity index (χ4n) is 3.37. The number of rotatable bonds is 5. The molecule has 0 heterocycles. The van der Waals surface area contributed by atoms with Crippen LogP contribution in [0.2, 0.25) is 0 Å². The van der Waals surface area contributed by atoms with E-state index in [1.807, 2.05) is 0 Å². The van der Waals surface area contributed by atoms with Crippen molar-refractivity contribution in [3.8, 4) is 0 Å². The van der Waals surface area contributed by atoms with Gasteiger partial charge in [-0.2, -0.15) is 0 Å². The highest BCUT2D eigenvalue weighted by atomic mass is 16.6. The minimum absolute atomic E-state index is 0.0873. The van der Waals surface area contributed by atoms with Crippen molar-refractivity contribution in [1.29, 1.82) is 0 Å². The Kier molecular flexibility index (Phi) is 6.34. The van der Waals surface area contributed by atoms with Gasteiger partial charge in [0.2, 0.25) is 0 Å². The highest BCUT2D eigenvalue weighted by molar-refractivity contribution is 5.94. The van der Waals surface area contributed by atoms with E-state index >= 15 is 0 Å². The average molecular weight is 362 g/mol. The molecule has 1 N–H and O–H groups in total. The maximum atomic E-state index is 12.2. The number of carbonyl (C=O) groups excluding carboxylic acids is 2. The van der Waals surface area contributed by atoms with Crippen LogP contribution in [0, 0.1) is 27.4 Å². The maximum absolute atomic E-state index is 12.2. The third kappa shape index (κ3) is 5.28. The first kappa shape index (κ1) is 19.9. The number of benzene rings is 1. The van der Waals surface area contributed by atoms with Crippen LogP contribution in [0.3, 0.4) is 0 Å². The van der Waals surface area contributed by atoms with E-state index in [0.717, 1.165) is 25.7 Å². The number of ether oxygens (including phenoxy) is 1. The average Bonchev–Trinajstić information content (AvgIpc) is 2.59. The Morgan fingerprint density at radius 1 is 1.19 bits per heavy atom. The first-order valence-electron chi connectivity index (χ1n) is 8.88. The number of hydrogen-bond donors (Lipinski definition) is 1. The molecule has 1 saturated carbocycles. The van der Waals surface area contributed by atoms with E-state index in [1.54, 1.807) is 6.07 Å². The molecule has 1 aromatic rings. The lowest BCUT2D eigenvalue weighted by molar-refractivity contribution is -0.383. The normalized spacial score (nSPS) is 20.3. The van der Waals surface area contributed by atoms with Gasteiger partial charge in [0.15, 0.2) is 6.61 Å². The molecule has 1 aliphatic carbocycles. The monoisotopic (exact) mass is 362 g/mol. The molecule has 0 aromatic heterocycles. The Hall–Kier alpha value is -2.44. The summed E-state index contributed by atoms with van der Waals surface area (Å²) in [4.78, 5) is 34.5. The number of anilines is 1. The number of nitrogens with zero attached hydrogens (tertiary/aromatic N) is 1. The zero-order valence-electron chi connectivity index (χ0n) is 15.5. The van der Waals surface area contributed by atoms with Crippen LogP contribution in [0.1, 0.15) is 46.5 Å². The number of esters is 1. The zero-order chi connectivity index (χ0) is 19.3. The largest absolute Gasteiger partial charge is 0.455 e. The summed E-state index contributed by atoms with van der Waals surface area (Å²) in [5.74, 6) is -0.535. The van der Waals surface area contributed by atoms with Crippen LogP contribution >= 0.6 is 0 Å². The lowest BCUT2D eigenvalue weighted by Gasteiger charge is -2.36. The molecule has 1 aromatic carbocycles. The minimum atomic E-state index is -0.587. The van der Waals surface area contributed by atoms with Crippen LogP contribution in [-0.2, 0) is 14.3 Å². The molecule has 0 radical (unpaired) electrons. The second-order valence-corrected chi connectivity index (χ2v) is 7.84. The van der Waals surface area contributed by atoms with Crippen molar-refractivity contribution in [1.82, 2.24) is 0 Å². The van der Waals surface area contributed by atoms with E-state index in [4.69, 9.17) is 4.74 Å². The van der Waals surface area contributed by atoms with Crippen LogP contribution < -0.4 is 5.32 Å². The summed E-state index contributed by atoms with van der Waals surface area (Å²) in [6.45, 7) is 6.19.